The Morgan fingerprint density at radius 2 is 2.04 bits per heavy atom. The summed E-state index contributed by atoms with van der Waals surface area (Å²) in [6, 6.07) is 10.0. The van der Waals surface area contributed by atoms with E-state index < -0.39 is 0 Å². The predicted octanol–water partition coefficient (Wildman–Crippen LogP) is 2.48. The molecule has 4 rings (SSSR count). The Morgan fingerprint density at radius 1 is 1.28 bits per heavy atom. The van der Waals surface area contributed by atoms with Crippen molar-refractivity contribution in [1.82, 2.24) is 4.98 Å². The third-order valence-corrected chi connectivity index (χ3v) is 6.05. The van der Waals surface area contributed by atoms with Crippen LogP contribution in [-0.4, -0.2) is 47.1 Å². The van der Waals surface area contributed by atoms with Gasteiger partial charge in [0, 0.05) is 42.5 Å². The number of rotatable bonds is 4. The summed E-state index contributed by atoms with van der Waals surface area (Å²) in [4.78, 5) is 7.06. The van der Waals surface area contributed by atoms with Gasteiger partial charge in [0.1, 0.15) is 5.82 Å². The molecule has 25 heavy (non-hydrogen) atoms. The number of para-hydroxylation sites is 1. The van der Waals surface area contributed by atoms with E-state index in [2.05, 4.69) is 4.90 Å². The fraction of sp³-hybridized carbons (Fsp3) is 0.550. The van der Waals surface area contributed by atoms with Crippen molar-refractivity contribution >= 4 is 16.7 Å². The lowest BCUT2D eigenvalue weighted by Crippen LogP contribution is -2.62. The fourth-order valence-corrected chi connectivity index (χ4v) is 4.49. The van der Waals surface area contributed by atoms with Gasteiger partial charge in [0.05, 0.1) is 24.3 Å². The number of hydrogen-bond donors (Lipinski definition) is 2. The monoisotopic (exact) mass is 342 g/mol. The zero-order valence-electron chi connectivity index (χ0n) is 14.7. The van der Waals surface area contributed by atoms with Crippen molar-refractivity contribution in [2.24, 2.45) is 5.41 Å². The standard InChI is InChI=1S/C20H26N2O3/c1-2-25-18-12-17(24)20(18)7-9-22(10-8-20)19-15(13-23)11-14-5-3-4-6-16(14)21-19/h3-6,11,17-18,23-24H,2,7-10,12-13H2,1H3/t17-,18+/m1/s1. The summed E-state index contributed by atoms with van der Waals surface area (Å²) in [6.45, 7) is 4.36. The first-order chi connectivity index (χ1) is 12.2. The van der Waals surface area contributed by atoms with Crippen LogP contribution in [0.15, 0.2) is 30.3 Å². The summed E-state index contributed by atoms with van der Waals surface area (Å²) >= 11 is 0. The van der Waals surface area contributed by atoms with Gasteiger partial charge in [-0.25, -0.2) is 4.98 Å². The molecule has 1 aromatic carbocycles. The Balaban J connectivity index is 1.57. The average Bonchev–Trinajstić information content (AvgIpc) is 2.67. The van der Waals surface area contributed by atoms with E-state index in [4.69, 9.17) is 9.72 Å². The number of aromatic nitrogens is 1. The zero-order valence-corrected chi connectivity index (χ0v) is 14.7. The molecule has 0 amide bonds. The molecular weight excluding hydrogens is 316 g/mol. The second-order valence-corrected chi connectivity index (χ2v) is 7.24. The van der Waals surface area contributed by atoms with Gasteiger partial charge in [0.2, 0.25) is 0 Å². The van der Waals surface area contributed by atoms with E-state index in [0.717, 1.165) is 54.6 Å². The second-order valence-electron chi connectivity index (χ2n) is 7.24. The molecule has 2 atom stereocenters. The van der Waals surface area contributed by atoms with E-state index in [0.29, 0.717) is 6.61 Å². The maximum absolute atomic E-state index is 10.4. The number of pyridine rings is 1. The number of piperidine rings is 1. The number of aliphatic hydroxyl groups excluding tert-OH is 2. The highest BCUT2D eigenvalue weighted by molar-refractivity contribution is 5.81. The minimum atomic E-state index is -0.256. The van der Waals surface area contributed by atoms with Gasteiger partial charge in [-0.2, -0.15) is 0 Å². The minimum absolute atomic E-state index is 0.0149. The normalized spacial score (nSPS) is 25.3. The highest BCUT2D eigenvalue weighted by Crippen LogP contribution is 2.51. The van der Waals surface area contributed by atoms with E-state index in [9.17, 15) is 10.2 Å². The van der Waals surface area contributed by atoms with Gasteiger partial charge < -0.3 is 19.8 Å². The van der Waals surface area contributed by atoms with Crippen molar-refractivity contribution in [1.29, 1.82) is 0 Å². The van der Waals surface area contributed by atoms with Gasteiger partial charge in [0.15, 0.2) is 0 Å². The van der Waals surface area contributed by atoms with Crippen molar-refractivity contribution in [3.05, 3.63) is 35.9 Å². The van der Waals surface area contributed by atoms with Gasteiger partial charge in [0.25, 0.3) is 0 Å². The summed E-state index contributed by atoms with van der Waals surface area (Å²) in [5.74, 6) is 0.873. The van der Waals surface area contributed by atoms with Crippen molar-refractivity contribution in [2.75, 3.05) is 24.6 Å². The van der Waals surface area contributed by atoms with Crippen LogP contribution in [0.5, 0.6) is 0 Å². The first-order valence-electron chi connectivity index (χ1n) is 9.22. The van der Waals surface area contributed by atoms with E-state index in [1.165, 1.54) is 0 Å². The van der Waals surface area contributed by atoms with Crippen LogP contribution in [0.1, 0.15) is 31.7 Å². The average molecular weight is 342 g/mol. The fourth-order valence-electron chi connectivity index (χ4n) is 4.49. The quantitative estimate of drug-likeness (QED) is 0.894. The molecule has 134 valence electrons. The van der Waals surface area contributed by atoms with Gasteiger partial charge >= 0.3 is 0 Å². The molecule has 1 saturated heterocycles. The first-order valence-corrected chi connectivity index (χ1v) is 9.22. The van der Waals surface area contributed by atoms with E-state index >= 15 is 0 Å². The van der Waals surface area contributed by atoms with Crippen molar-refractivity contribution in [3.8, 4) is 0 Å². The number of ether oxygens (including phenoxy) is 1. The van der Waals surface area contributed by atoms with Crippen LogP contribution in [0, 0.1) is 5.41 Å². The Kier molecular flexibility index (Phi) is 4.40. The van der Waals surface area contributed by atoms with Gasteiger partial charge in [-0.1, -0.05) is 18.2 Å². The second kappa shape index (κ2) is 6.56. The number of benzene rings is 1. The maximum atomic E-state index is 10.4. The van der Waals surface area contributed by atoms with Crippen molar-refractivity contribution in [3.63, 3.8) is 0 Å². The van der Waals surface area contributed by atoms with E-state index in [1.54, 1.807) is 0 Å². The van der Waals surface area contributed by atoms with Gasteiger partial charge in [-0.05, 0) is 31.9 Å². The molecule has 2 aromatic rings. The third-order valence-electron chi connectivity index (χ3n) is 6.05. The molecule has 1 saturated carbocycles. The molecule has 0 bridgehead atoms. The Bertz CT molecular complexity index is 754. The molecule has 1 aliphatic carbocycles. The minimum Gasteiger partial charge on any atom is -0.392 e. The highest BCUT2D eigenvalue weighted by atomic mass is 16.5. The molecule has 5 nitrogen and oxygen atoms in total. The predicted molar refractivity (Wildman–Crippen MR) is 97.6 cm³/mol. The summed E-state index contributed by atoms with van der Waals surface area (Å²) in [7, 11) is 0. The Morgan fingerprint density at radius 3 is 2.72 bits per heavy atom. The summed E-state index contributed by atoms with van der Waals surface area (Å²) < 4.78 is 5.85. The van der Waals surface area contributed by atoms with Crippen LogP contribution in [-0.2, 0) is 11.3 Å². The molecule has 2 aliphatic rings. The SMILES string of the molecule is CCO[C@H]1C[C@@H](O)C12CCN(c1nc3ccccc3cc1CO)CC2. The molecule has 5 heteroatoms. The van der Waals surface area contributed by atoms with Crippen LogP contribution in [0.2, 0.25) is 0 Å². The van der Waals surface area contributed by atoms with Crippen molar-refractivity contribution in [2.45, 2.75) is 45.0 Å². The van der Waals surface area contributed by atoms with E-state index in [-0.39, 0.29) is 24.2 Å². The first kappa shape index (κ1) is 16.8. The van der Waals surface area contributed by atoms with Crippen LogP contribution < -0.4 is 4.90 Å². The van der Waals surface area contributed by atoms with Crippen LogP contribution in [0.4, 0.5) is 5.82 Å². The Hall–Kier alpha value is -1.69. The topological polar surface area (TPSA) is 65.8 Å². The largest absolute Gasteiger partial charge is 0.392 e. The lowest BCUT2D eigenvalue weighted by Gasteiger charge is -2.56. The Labute approximate surface area is 148 Å². The lowest BCUT2D eigenvalue weighted by molar-refractivity contribution is -0.199. The molecule has 0 radical (unpaired) electrons. The van der Waals surface area contributed by atoms with Crippen LogP contribution >= 0.6 is 0 Å². The van der Waals surface area contributed by atoms with E-state index in [1.807, 2.05) is 37.3 Å². The number of anilines is 1. The van der Waals surface area contributed by atoms with Crippen LogP contribution in [0.25, 0.3) is 10.9 Å². The highest BCUT2D eigenvalue weighted by Gasteiger charge is 2.56. The van der Waals surface area contributed by atoms with Crippen molar-refractivity contribution < 1.29 is 14.9 Å². The number of nitrogens with zero attached hydrogens (tertiary/aromatic N) is 2. The maximum Gasteiger partial charge on any atom is 0.134 e. The lowest BCUT2D eigenvalue weighted by atomic mass is 9.58. The molecule has 1 aromatic heterocycles. The smallest absolute Gasteiger partial charge is 0.134 e. The molecule has 1 spiro atoms. The molecule has 2 fully saturated rings. The number of fused-ring (bicyclic) bond motifs is 1. The summed E-state index contributed by atoms with van der Waals surface area (Å²) in [5, 5.41) is 21.2. The molecule has 2 N–H and O–H groups in total. The molecule has 0 unspecified atom stereocenters. The number of aliphatic hydroxyl groups is 2. The van der Waals surface area contributed by atoms with Crippen LogP contribution in [0.3, 0.4) is 0 Å². The molecular formula is C20H26N2O3. The van der Waals surface area contributed by atoms with Gasteiger partial charge in [-0.15, -0.1) is 0 Å². The number of hydrogen-bond acceptors (Lipinski definition) is 5. The molecule has 1 aliphatic heterocycles. The molecule has 2 heterocycles. The summed E-state index contributed by atoms with van der Waals surface area (Å²) in [6.07, 6.45) is 2.48. The zero-order chi connectivity index (χ0) is 17.4. The van der Waals surface area contributed by atoms with Gasteiger partial charge in [-0.3, -0.25) is 0 Å². The summed E-state index contributed by atoms with van der Waals surface area (Å²) in [5.41, 5.74) is 1.72. The third kappa shape index (κ3) is 2.71.